The summed E-state index contributed by atoms with van der Waals surface area (Å²) in [5.74, 6) is 0.0381. The van der Waals surface area contributed by atoms with Crippen molar-refractivity contribution in [3.8, 4) is 0 Å². The van der Waals surface area contributed by atoms with E-state index in [1.807, 2.05) is 54.3 Å². The summed E-state index contributed by atoms with van der Waals surface area (Å²) in [4.78, 5) is 29.7. The summed E-state index contributed by atoms with van der Waals surface area (Å²) >= 11 is 3.50. The van der Waals surface area contributed by atoms with Gasteiger partial charge in [0.2, 0.25) is 5.91 Å². The Morgan fingerprint density at radius 1 is 1.03 bits per heavy atom. The van der Waals surface area contributed by atoms with Crippen LogP contribution in [0.15, 0.2) is 71.3 Å². The molecule has 2 atom stereocenters. The highest BCUT2D eigenvalue weighted by molar-refractivity contribution is 9.10. The molecule has 6 nitrogen and oxygen atoms in total. The van der Waals surface area contributed by atoms with Gasteiger partial charge in [0.15, 0.2) is 0 Å². The number of anilines is 1. The Hall–Kier alpha value is -3.06. The molecule has 0 aliphatic carbocycles. The van der Waals surface area contributed by atoms with E-state index < -0.39 is 0 Å². The van der Waals surface area contributed by atoms with Crippen molar-refractivity contribution in [3.05, 3.63) is 88.2 Å². The van der Waals surface area contributed by atoms with Crippen LogP contribution in [-0.2, 0) is 11.3 Å². The van der Waals surface area contributed by atoms with Crippen LogP contribution in [0, 0.1) is 6.92 Å². The van der Waals surface area contributed by atoms with Gasteiger partial charge in [-0.2, -0.15) is 0 Å². The van der Waals surface area contributed by atoms with E-state index in [2.05, 4.69) is 50.2 Å². The van der Waals surface area contributed by atoms with E-state index in [-0.39, 0.29) is 24.0 Å². The zero-order valence-electron chi connectivity index (χ0n) is 17.9. The van der Waals surface area contributed by atoms with Crippen LogP contribution in [0.2, 0.25) is 0 Å². The van der Waals surface area contributed by atoms with Crippen LogP contribution in [-0.4, -0.2) is 40.5 Å². The molecular weight excluding hydrogens is 468 g/mol. The molecule has 164 valence electrons. The molecule has 0 radical (unpaired) electrons. The number of hydrogen-bond acceptors (Lipinski definition) is 2. The number of nitrogens with one attached hydrogen (secondary N) is 1. The van der Waals surface area contributed by atoms with Crippen LogP contribution >= 0.6 is 15.9 Å². The van der Waals surface area contributed by atoms with Crippen molar-refractivity contribution in [2.45, 2.75) is 32.0 Å². The Morgan fingerprint density at radius 2 is 1.78 bits per heavy atom. The number of halogens is 1. The number of rotatable bonds is 3. The topological polar surface area (TPSA) is 57.6 Å². The standard InChI is InChI=1S/C25H25BrN4O2/c1-17-4-10-21(11-5-17)30-16-20(15-23(30)31)27-25(32)29-14-13-28-12-2-3-22(28)24(29)18-6-8-19(26)9-7-18/h2-12,20,24H,13-16H2,1H3,(H,27,32). The Bertz CT molecular complexity index is 1140. The molecule has 1 N–H and O–H groups in total. The summed E-state index contributed by atoms with van der Waals surface area (Å²) < 4.78 is 3.21. The van der Waals surface area contributed by atoms with Crippen LogP contribution in [0.4, 0.5) is 10.5 Å². The van der Waals surface area contributed by atoms with Gasteiger partial charge >= 0.3 is 6.03 Å². The minimum atomic E-state index is -0.212. The Balaban J connectivity index is 1.35. The molecule has 2 aromatic carbocycles. The molecule has 0 bridgehead atoms. The first-order valence-corrected chi connectivity index (χ1v) is 11.6. The molecule has 3 aromatic rings. The largest absolute Gasteiger partial charge is 0.348 e. The summed E-state index contributed by atoms with van der Waals surface area (Å²) in [6.07, 6.45) is 2.37. The molecule has 3 amide bonds. The van der Waals surface area contributed by atoms with Crippen LogP contribution in [0.3, 0.4) is 0 Å². The van der Waals surface area contributed by atoms with Gasteiger partial charge in [-0.25, -0.2) is 4.79 Å². The third-order valence-electron chi connectivity index (χ3n) is 6.28. The number of carbonyl (C=O) groups is 2. The predicted molar refractivity (Wildman–Crippen MR) is 128 cm³/mol. The van der Waals surface area contributed by atoms with E-state index >= 15 is 0 Å². The number of urea groups is 1. The maximum Gasteiger partial charge on any atom is 0.318 e. The van der Waals surface area contributed by atoms with E-state index in [4.69, 9.17) is 0 Å². The molecule has 3 heterocycles. The number of aromatic nitrogens is 1. The molecule has 2 aliphatic rings. The molecule has 32 heavy (non-hydrogen) atoms. The first-order valence-electron chi connectivity index (χ1n) is 10.8. The summed E-state index contributed by atoms with van der Waals surface area (Å²) in [5.41, 5.74) is 4.18. The maximum atomic E-state index is 13.4. The summed E-state index contributed by atoms with van der Waals surface area (Å²) in [6.45, 7) is 3.87. The fourth-order valence-electron chi connectivity index (χ4n) is 4.63. The lowest BCUT2D eigenvalue weighted by Gasteiger charge is -2.38. The lowest BCUT2D eigenvalue weighted by molar-refractivity contribution is -0.117. The lowest BCUT2D eigenvalue weighted by Crippen LogP contribution is -2.50. The molecule has 1 fully saturated rings. The van der Waals surface area contributed by atoms with Gasteiger partial charge in [0.05, 0.1) is 12.1 Å². The van der Waals surface area contributed by atoms with Crippen molar-refractivity contribution in [3.63, 3.8) is 0 Å². The monoisotopic (exact) mass is 492 g/mol. The second-order valence-electron chi connectivity index (χ2n) is 8.46. The quantitative estimate of drug-likeness (QED) is 0.585. The number of amides is 3. The van der Waals surface area contributed by atoms with Gasteiger partial charge < -0.3 is 19.7 Å². The number of hydrogen-bond donors (Lipinski definition) is 1. The van der Waals surface area contributed by atoms with E-state index in [0.29, 0.717) is 19.5 Å². The first kappa shape index (κ1) is 20.8. The number of aryl methyl sites for hydroxylation is 1. The Kier molecular flexibility index (Phi) is 5.51. The van der Waals surface area contributed by atoms with Crippen LogP contribution in [0.25, 0.3) is 0 Å². The molecular formula is C25H25BrN4O2. The van der Waals surface area contributed by atoms with Crippen molar-refractivity contribution in [1.29, 1.82) is 0 Å². The molecule has 5 rings (SSSR count). The minimum absolute atomic E-state index is 0.0381. The average Bonchev–Trinajstić information content (AvgIpc) is 3.40. The fourth-order valence-corrected chi connectivity index (χ4v) is 4.90. The second-order valence-corrected chi connectivity index (χ2v) is 9.38. The van der Waals surface area contributed by atoms with Crippen molar-refractivity contribution in [1.82, 2.24) is 14.8 Å². The first-order chi connectivity index (χ1) is 15.5. The number of benzene rings is 2. The smallest absolute Gasteiger partial charge is 0.318 e. The SMILES string of the molecule is Cc1ccc(N2CC(NC(=O)N3CCn4cccc4C3c3ccc(Br)cc3)CC2=O)cc1. The van der Waals surface area contributed by atoms with Crippen molar-refractivity contribution < 1.29 is 9.59 Å². The summed E-state index contributed by atoms with van der Waals surface area (Å²) in [7, 11) is 0. The highest BCUT2D eigenvalue weighted by atomic mass is 79.9. The van der Waals surface area contributed by atoms with E-state index in [1.165, 1.54) is 0 Å². The van der Waals surface area contributed by atoms with Crippen molar-refractivity contribution in [2.75, 3.05) is 18.0 Å². The average molecular weight is 493 g/mol. The number of carbonyl (C=O) groups excluding carboxylic acids is 2. The third kappa shape index (κ3) is 3.93. The molecule has 2 aliphatic heterocycles. The normalized spacial score (nSPS) is 20.4. The maximum absolute atomic E-state index is 13.4. The number of fused-ring (bicyclic) bond motifs is 1. The van der Waals surface area contributed by atoms with Gasteiger partial charge in [-0.3, -0.25) is 4.79 Å². The van der Waals surface area contributed by atoms with Gasteiger partial charge in [-0.15, -0.1) is 0 Å². The van der Waals surface area contributed by atoms with E-state index in [9.17, 15) is 9.59 Å². The van der Waals surface area contributed by atoms with Crippen molar-refractivity contribution >= 4 is 33.6 Å². The summed E-state index contributed by atoms with van der Waals surface area (Å²) in [5, 5.41) is 3.13. The number of nitrogens with zero attached hydrogens (tertiary/aromatic N) is 3. The molecule has 2 unspecified atom stereocenters. The van der Waals surface area contributed by atoms with Gasteiger partial charge in [-0.05, 0) is 48.9 Å². The van der Waals surface area contributed by atoms with E-state index in [1.54, 1.807) is 4.90 Å². The highest BCUT2D eigenvalue weighted by Crippen LogP contribution is 2.33. The lowest BCUT2D eigenvalue weighted by atomic mass is 10.0. The van der Waals surface area contributed by atoms with Gasteiger partial charge in [0.1, 0.15) is 0 Å². The van der Waals surface area contributed by atoms with Crippen LogP contribution < -0.4 is 10.2 Å². The summed E-state index contributed by atoms with van der Waals surface area (Å²) in [6, 6.07) is 19.6. The van der Waals surface area contributed by atoms with E-state index in [0.717, 1.165) is 33.5 Å². The zero-order valence-corrected chi connectivity index (χ0v) is 19.5. The molecule has 1 saturated heterocycles. The second kappa shape index (κ2) is 8.47. The minimum Gasteiger partial charge on any atom is -0.348 e. The fraction of sp³-hybridized carbons (Fsp3) is 0.280. The Morgan fingerprint density at radius 3 is 2.53 bits per heavy atom. The molecule has 7 heteroatoms. The highest BCUT2D eigenvalue weighted by Gasteiger charge is 2.36. The van der Waals surface area contributed by atoms with Gasteiger partial charge in [0.25, 0.3) is 0 Å². The van der Waals surface area contributed by atoms with Gasteiger partial charge in [-0.1, -0.05) is 45.8 Å². The predicted octanol–water partition coefficient (Wildman–Crippen LogP) is 4.48. The zero-order chi connectivity index (χ0) is 22.2. The molecule has 1 aromatic heterocycles. The Labute approximate surface area is 195 Å². The molecule has 0 spiro atoms. The van der Waals surface area contributed by atoms with Crippen LogP contribution in [0.1, 0.15) is 29.3 Å². The van der Waals surface area contributed by atoms with Gasteiger partial charge in [0, 0.05) is 48.1 Å². The van der Waals surface area contributed by atoms with Crippen molar-refractivity contribution in [2.24, 2.45) is 0 Å². The third-order valence-corrected chi connectivity index (χ3v) is 6.81. The van der Waals surface area contributed by atoms with Crippen LogP contribution in [0.5, 0.6) is 0 Å². The molecule has 0 saturated carbocycles.